The number of halogens is 2. The maximum Gasteiger partial charge on any atom is 0.255 e. The van der Waals surface area contributed by atoms with Gasteiger partial charge in [0, 0.05) is 16.9 Å². The minimum Gasteiger partial charge on any atom is -0.496 e. The zero-order valence-electron chi connectivity index (χ0n) is 9.80. The third-order valence-electron chi connectivity index (χ3n) is 2.42. The van der Waals surface area contributed by atoms with Crippen molar-refractivity contribution in [1.82, 2.24) is 5.32 Å². The van der Waals surface area contributed by atoms with Gasteiger partial charge < -0.3 is 10.1 Å². The fourth-order valence-corrected chi connectivity index (χ4v) is 1.82. The molecule has 0 saturated heterocycles. The second-order valence-corrected chi connectivity index (χ2v) is 4.32. The molecule has 0 saturated carbocycles. The van der Waals surface area contributed by atoms with Gasteiger partial charge in [-0.05, 0) is 24.6 Å². The Balaban J connectivity index is 2.88. The lowest BCUT2D eigenvalue weighted by atomic mass is 10.1. The summed E-state index contributed by atoms with van der Waals surface area (Å²) in [5, 5.41) is 3.36. The van der Waals surface area contributed by atoms with Gasteiger partial charge in [0.1, 0.15) is 5.75 Å². The van der Waals surface area contributed by atoms with E-state index in [1.54, 1.807) is 18.2 Å². The predicted octanol–water partition coefficient (Wildman–Crippen LogP) is 3.10. The summed E-state index contributed by atoms with van der Waals surface area (Å²) in [6, 6.07) is 4.86. The van der Waals surface area contributed by atoms with Crippen LogP contribution in [0.4, 0.5) is 0 Å². The summed E-state index contributed by atoms with van der Waals surface area (Å²) in [4.78, 5) is 12.0. The number of methoxy groups -OCH3 is 1. The lowest BCUT2D eigenvalue weighted by Crippen LogP contribution is -2.35. The van der Waals surface area contributed by atoms with Crippen molar-refractivity contribution in [3.8, 4) is 5.75 Å². The van der Waals surface area contributed by atoms with Gasteiger partial charge in [-0.3, -0.25) is 4.79 Å². The number of carbonyl (C=O) groups is 1. The van der Waals surface area contributed by atoms with Crippen LogP contribution in [-0.4, -0.2) is 24.9 Å². The average Bonchev–Trinajstić information content (AvgIpc) is 2.35. The van der Waals surface area contributed by atoms with Crippen LogP contribution in [0.5, 0.6) is 5.75 Å². The number of amides is 1. The van der Waals surface area contributed by atoms with Crippen molar-refractivity contribution in [1.29, 1.82) is 0 Å². The molecule has 0 aliphatic heterocycles. The van der Waals surface area contributed by atoms with E-state index in [2.05, 4.69) is 5.32 Å². The molecule has 3 nitrogen and oxygen atoms in total. The van der Waals surface area contributed by atoms with E-state index in [9.17, 15) is 4.79 Å². The van der Waals surface area contributed by atoms with Crippen molar-refractivity contribution >= 4 is 29.1 Å². The quantitative estimate of drug-likeness (QED) is 0.839. The largest absolute Gasteiger partial charge is 0.496 e. The SMILES string of the molecule is CCC(CCl)NC(=O)c1ccc(Cl)cc1OC. The van der Waals surface area contributed by atoms with Gasteiger partial charge in [-0.25, -0.2) is 0 Å². The van der Waals surface area contributed by atoms with E-state index in [4.69, 9.17) is 27.9 Å². The van der Waals surface area contributed by atoms with Crippen LogP contribution < -0.4 is 10.1 Å². The fourth-order valence-electron chi connectivity index (χ4n) is 1.37. The van der Waals surface area contributed by atoms with Crippen LogP contribution in [0.3, 0.4) is 0 Å². The molecule has 1 amide bonds. The van der Waals surface area contributed by atoms with Gasteiger partial charge in [0.05, 0.1) is 12.7 Å². The monoisotopic (exact) mass is 275 g/mol. The molecular weight excluding hydrogens is 261 g/mol. The van der Waals surface area contributed by atoms with E-state index in [1.807, 2.05) is 6.92 Å². The highest BCUT2D eigenvalue weighted by Gasteiger charge is 2.15. The smallest absolute Gasteiger partial charge is 0.255 e. The molecule has 0 aromatic heterocycles. The Kier molecular flexibility index (Phi) is 5.59. The molecule has 1 N–H and O–H groups in total. The fraction of sp³-hybridized carbons (Fsp3) is 0.417. The number of ether oxygens (including phenoxy) is 1. The molecule has 0 aliphatic rings. The number of hydrogen-bond donors (Lipinski definition) is 1. The third kappa shape index (κ3) is 3.79. The zero-order chi connectivity index (χ0) is 12.8. The summed E-state index contributed by atoms with van der Waals surface area (Å²) >= 11 is 11.6. The van der Waals surface area contributed by atoms with E-state index >= 15 is 0 Å². The Bertz CT molecular complexity index is 392. The molecule has 0 heterocycles. The highest BCUT2D eigenvalue weighted by molar-refractivity contribution is 6.30. The van der Waals surface area contributed by atoms with Crippen molar-refractivity contribution in [2.75, 3.05) is 13.0 Å². The Morgan fingerprint density at radius 1 is 1.53 bits per heavy atom. The van der Waals surface area contributed by atoms with Crippen molar-refractivity contribution < 1.29 is 9.53 Å². The van der Waals surface area contributed by atoms with Crippen molar-refractivity contribution in [3.05, 3.63) is 28.8 Å². The number of hydrogen-bond acceptors (Lipinski definition) is 2. The Morgan fingerprint density at radius 2 is 2.24 bits per heavy atom. The molecule has 1 aromatic carbocycles. The minimum absolute atomic E-state index is 0.0375. The second-order valence-electron chi connectivity index (χ2n) is 3.58. The molecule has 0 aliphatic carbocycles. The van der Waals surface area contributed by atoms with E-state index in [-0.39, 0.29) is 11.9 Å². The van der Waals surface area contributed by atoms with Crippen LogP contribution in [0.2, 0.25) is 5.02 Å². The normalized spacial score (nSPS) is 12.0. The number of nitrogens with one attached hydrogen (secondary N) is 1. The molecule has 0 bridgehead atoms. The molecule has 5 heteroatoms. The molecule has 0 radical (unpaired) electrons. The summed E-state index contributed by atoms with van der Waals surface area (Å²) in [6.45, 7) is 1.96. The summed E-state index contributed by atoms with van der Waals surface area (Å²) in [7, 11) is 1.50. The number of carbonyl (C=O) groups excluding carboxylic acids is 1. The highest BCUT2D eigenvalue weighted by Crippen LogP contribution is 2.23. The van der Waals surface area contributed by atoms with Crippen LogP contribution in [-0.2, 0) is 0 Å². The van der Waals surface area contributed by atoms with Crippen LogP contribution in [0.1, 0.15) is 23.7 Å². The molecular formula is C12H15Cl2NO2. The zero-order valence-corrected chi connectivity index (χ0v) is 11.3. The molecule has 1 unspecified atom stereocenters. The van der Waals surface area contributed by atoms with Gasteiger partial charge in [-0.1, -0.05) is 18.5 Å². The summed E-state index contributed by atoms with van der Waals surface area (Å²) in [5.74, 6) is 0.642. The van der Waals surface area contributed by atoms with Gasteiger partial charge in [0.15, 0.2) is 0 Å². The Labute approximate surface area is 111 Å². The lowest BCUT2D eigenvalue weighted by Gasteiger charge is -2.15. The van der Waals surface area contributed by atoms with Crippen LogP contribution >= 0.6 is 23.2 Å². The lowest BCUT2D eigenvalue weighted by molar-refractivity contribution is 0.0936. The number of benzene rings is 1. The van der Waals surface area contributed by atoms with Crippen LogP contribution in [0.25, 0.3) is 0 Å². The first kappa shape index (κ1) is 14.1. The van der Waals surface area contributed by atoms with Crippen LogP contribution in [0.15, 0.2) is 18.2 Å². The summed E-state index contributed by atoms with van der Waals surface area (Å²) in [6.07, 6.45) is 0.783. The van der Waals surface area contributed by atoms with E-state index in [0.717, 1.165) is 6.42 Å². The summed E-state index contributed by atoms with van der Waals surface area (Å²) < 4.78 is 5.12. The molecule has 1 aromatic rings. The first-order chi connectivity index (χ1) is 8.12. The molecule has 0 spiro atoms. The highest BCUT2D eigenvalue weighted by atomic mass is 35.5. The topological polar surface area (TPSA) is 38.3 Å². The second kappa shape index (κ2) is 6.72. The van der Waals surface area contributed by atoms with Gasteiger partial charge in [0.2, 0.25) is 0 Å². The molecule has 1 atom stereocenters. The van der Waals surface area contributed by atoms with E-state index in [1.165, 1.54) is 7.11 Å². The van der Waals surface area contributed by atoms with Crippen molar-refractivity contribution in [2.24, 2.45) is 0 Å². The van der Waals surface area contributed by atoms with Crippen LogP contribution in [0, 0.1) is 0 Å². The number of alkyl halides is 1. The van der Waals surface area contributed by atoms with E-state index in [0.29, 0.717) is 22.2 Å². The maximum absolute atomic E-state index is 12.0. The first-order valence-corrected chi connectivity index (χ1v) is 6.24. The minimum atomic E-state index is -0.203. The van der Waals surface area contributed by atoms with Gasteiger partial charge in [0.25, 0.3) is 5.91 Å². The standard InChI is InChI=1S/C12H15Cl2NO2/c1-3-9(7-13)15-12(16)10-5-4-8(14)6-11(10)17-2/h4-6,9H,3,7H2,1-2H3,(H,15,16). The number of rotatable bonds is 5. The van der Waals surface area contributed by atoms with Crippen molar-refractivity contribution in [3.63, 3.8) is 0 Å². The molecule has 17 heavy (non-hydrogen) atoms. The summed E-state index contributed by atoms with van der Waals surface area (Å²) in [5.41, 5.74) is 0.459. The first-order valence-electron chi connectivity index (χ1n) is 5.32. The molecule has 1 rings (SSSR count). The van der Waals surface area contributed by atoms with E-state index < -0.39 is 0 Å². The Morgan fingerprint density at radius 3 is 2.76 bits per heavy atom. The van der Waals surface area contributed by atoms with Crippen molar-refractivity contribution in [2.45, 2.75) is 19.4 Å². The maximum atomic E-state index is 12.0. The molecule has 0 fully saturated rings. The van der Waals surface area contributed by atoms with Gasteiger partial charge in [-0.2, -0.15) is 0 Å². The Hall–Kier alpha value is -0.930. The predicted molar refractivity (Wildman–Crippen MR) is 70.3 cm³/mol. The third-order valence-corrected chi connectivity index (χ3v) is 3.03. The average molecular weight is 276 g/mol. The van der Waals surface area contributed by atoms with Gasteiger partial charge in [-0.15, -0.1) is 11.6 Å². The van der Waals surface area contributed by atoms with Gasteiger partial charge >= 0.3 is 0 Å². The molecule has 94 valence electrons.